The van der Waals surface area contributed by atoms with Crippen molar-refractivity contribution in [2.75, 3.05) is 12.9 Å². The van der Waals surface area contributed by atoms with Gasteiger partial charge in [-0.3, -0.25) is 0 Å². The quantitative estimate of drug-likeness (QED) is 0.668. The van der Waals surface area contributed by atoms with Crippen LogP contribution in [0.15, 0.2) is 23.1 Å². The van der Waals surface area contributed by atoms with Crippen LogP contribution in [0.5, 0.6) is 0 Å². The van der Waals surface area contributed by atoms with Gasteiger partial charge < -0.3 is 9.84 Å². The molecular formula is C11H13ClO3S. The molecule has 0 spiro atoms. The summed E-state index contributed by atoms with van der Waals surface area (Å²) >= 11 is 7.37. The number of esters is 1. The van der Waals surface area contributed by atoms with E-state index in [4.69, 9.17) is 16.3 Å². The lowest BCUT2D eigenvalue weighted by atomic mass is 10.1. The van der Waals surface area contributed by atoms with E-state index in [2.05, 4.69) is 0 Å². The van der Waals surface area contributed by atoms with Crippen molar-refractivity contribution in [1.82, 2.24) is 0 Å². The molecule has 0 aliphatic carbocycles. The molecule has 16 heavy (non-hydrogen) atoms. The summed E-state index contributed by atoms with van der Waals surface area (Å²) in [6.07, 6.45) is 0.621. The van der Waals surface area contributed by atoms with E-state index in [-0.39, 0.29) is 6.61 Å². The predicted octanol–water partition coefficient (Wildman–Crippen LogP) is 2.66. The van der Waals surface area contributed by atoms with Crippen molar-refractivity contribution < 1.29 is 14.6 Å². The normalized spacial score (nSPS) is 12.2. The fourth-order valence-electron chi connectivity index (χ4n) is 1.22. The van der Waals surface area contributed by atoms with E-state index in [1.54, 1.807) is 25.1 Å². The lowest BCUT2D eigenvalue weighted by Gasteiger charge is -2.11. The summed E-state index contributed by atoms with van der Waals surface area (Å²) in [4.78, 5) is 12.2. The average Bonchev–Trinajstić information content (AvgIpc) is 2.27. The van der Waals surface area contributed by atoms with Crippen LogP contribution in [0, 0.1) is 0 Å². The largest absolute Gasteiger partial charge is 0.464 e. The summed E-state index contributed by atoms with van der Waals surface area (Å²) in [5.41, 5.74) is 0.454. The molecule has 0 heterocycles. The zero-order valence-corrected chi connectivity index (χ0v) is 10.6. The highest BCUT2D eigenvalue weighted by molar-refractivity contribution is 7.98. The Morgan fingerprint density at radius 2 is 2.25 bits per heavy atom. The molecule has 0 bridgehead atoms. The SMILES string of the molecule is CCOC(=O)C(O)c1cc(Cl)cc(SC)c1. The van der Waals surface area contributed by atoms with Crippen molar-refractivity contribution in [3.05, 3.63) is 28.8 Å². The molecule has 0 saturated heterocycles. The van der Waals surface area contributed by atoms with Crippen molar-refractivity contribution in [3.63, 3.8) is 0 Å². The number of aliphatic hydroxyl groups is 1. The minimum absolute atomic E-state index is 0.242. The van der Waals surface area contributed by atoms with E-state index in [1.165, 1.54) is 11.8 Å². The Balaban J connectivity index is 2.94. The second-order valence-electron chi connectivity index (χ2n) is 3.08. The van der Waals surface area contributed by atoms with Gasteiger partial charge in [0.15, 0.2) is 6.10 Å². The van der Waals surface area contributed by atoms with Gasteiger partial charge in [0.05, 0.1) is 6.61 Å². The van der Waals surface area contributed by atoms with Gasteiger partial charge in [-0.05, 0) is 36.9 Å². The first-order chi connectivity index (χ1) is 7.58. The maximum Gasteiger partial charge on any atom is 0.339 e. The van der Waals surface area contributed by atoms with Crippen LogP contribution in [0.4, 0.5) is 0 Å². The number of ether oxygens (including phenoxy) is 1. The molecule has 0 aliphatic rings. The molecular weight excluding hydrogens is 248 g/mol. The Kier molecular flexibility index (Phi) is 5.12. The van der Waals surface area contributed by atoms with Gasteiger partial charge in [0.1, 0.15) is 0 Å². The summed E-state index contributed by atoms with van der Waals surface area (Å²) in [6.45, 7) is 1.93. The third-order valence-corrected chi connectivity index (χ3v) is 2.88. The van der Waals surface area contributed by atoms with Crippen molar-refractivity contribution in [3.8, 4) is 0 Å². The highest BCUT2D eigenvalue weighted by Crippen LogP contribution is 2.26. The number of aliphatic hydroxyl groups excluding tert-OH is 1. The summed E-state index contributed by atoms with van der Waals surface area (Å²) in [6, 6.07) is 5.05. The van der Waals surface area contributed by atoms with Crippen molar-refractivity contribution in [2.45, 2.75) is 17.9 Å². The summed E-state index contributed by atoms with van der Waals surface area (Å²) < 4.78 is 4.73. The smallest absolute Gasteiger partial charge is 0.339 e. The molecule has 5 heteroatoms. The van der Waals surface area contributed by atoms with Crippen LogP contribution in [0.3, 0.4) is 0 Å². The molecule has 0 aliphatic heterocycles. The van der Waals surface area contributed by atoms with Gasteiger partial charge in [-0.25, -0.2) is 4.79 Å². The first-order valence-electron chi connectivity index (χ1n) is 4.77. The summed E-state index contributed by atoms with van der Waals surface area (Å²) in [5.74, 6) is -0.656. The topological polar surface area (TPSA) is 46.5 Å². The Labute approximate surface area is 104 Å². The molecule has 1 aromatic carbocycles. The van der Waals surface area contributed by atoms with Crippen LogP contribution in [0.1, 0.15) is 18.6 Å². The molecule has 0 aromatic heterocycles. The third kappa shape index (κ3) is 3.40. The van der Waals surface area contributed by atoms with E-state index >= 15 is 0 Å². The van der Waals surface area contributed by atoms with E-state index in [0.29, 0.717) is 10.6 Å². The lowest BCUT2D eigenvalue weighted by molar-refractivity contribution is -0.153. The fourth-order valence-corrected chi connectivity index (χ4v) is 2.02. The van der Waals surface area contributed by atoms with E-state index in [0.717, 1.165) is 4.90 Å². The van der Waals surface area contributed by atoms with Gasteiger partial charge >= 0.3 is 5.97 Å². The first kappa shape index (κ1) is 13.4. The Hall–Kier alpha value is -0.710. The van der Waals surface area contributed by atoms with Crippen LogP contribution >= 0.6 is 23.4 Å². The molecule has 1 unspecified atom stereocenters. The Morgan fingerprint density at radius 3 is 2.81 bits per heavy atom. The second kappa shape index (κ2) is 6.13. The highest BCUT2D eigenvalue weighted by Gasteiger charge is 2.19. The molecule has 1 atom stereocenters. The lowest BCUT2D eigenvalue weighted by Crippen LogP contribution is -2.15. The second-order valence-corrected chi connectivity index (χ2v) is 4.40. The van der Waals surface area contributed by atoms with E-state index in [1.807, 2.05) is 6.26 Å². The maximum absolute atomic E-state index is 11.3. The van der Waals surface area contributed by atoms with Crippen LogP contribution in [-0.4, -0.2) is 23.9 Å². The molecule has 1 rings (SSSR count). The van der Waals surface area contributed by atoms with Crippen LogP contribution in [0.25, 0.3) is 0 Å². The number of thioether (sulfide) groups is 1. The maximum atomic E-state index is 11.3. The highest BCUT2D eigenvalue weighted by atomic mass is 35.5. The van der Waals surface area contributed by atoms with Crippen molar-refractivity contribution in [1.29, 1.82) is 0 Å². The standard InChI is InChI=1S/C11H13ClO3S/c1-3-15-11(14)10(13)7-4-8(12)6-9(5-7)16-2/h4-6,10,13H,3H2,1-2H3. The number of halogens is 1. The van der Waals surface area contributed by atoms with Crippen molar-refractivity contribution >= 4 is 29.3 Å². The van der Waals surface area contributed by atoms with Gasteiger partial charge in [0.25, 0.3) is 0 Å². The first-order valence-corrected chi connectivity index (χ1v) is 6.38. The zero-order chi connectivity index (χ0) is 12.1. The molecule has 0 amide bonds. The zero-order valence-electron chi connectivity index (χ0n) is 9.07. The van der Waals surface area contributed by atoms with Gasteiger partial charge in [-0.1, -0.05) is 11.6 Å². The minimum atomic E-state index is -1.27. The number of hydrogen-bond acceptors (Lipinski definition) is 4. The summed E-state index contributed by atoms with van der Waals surface area (Å²) in [7, 11) is 0. The molecule has 88 valence electrons. The average molecular weight is 261 g/mol. The van der Waals surface area contributed by atoms with Crippen LogP contribution in [0.2, 0.25) is 5.02 Å². The van der Waals surface area contributed by atoms with Gasteiger partial charge in [-0.2, -0.15) is 0 Å². The summed E-state index contributed by atoms with van der Waals surface area (Å²) in [5, 5.41) is 10.2. The minimum Gasteiger partial charge on any atom is -0.464 e. The molecule has 1 N–H and O–H groups in total. The fraction of sp³-hybridized carbons (Fsp3) is 0.364. The molecule has 1 aromatic rings. The van der Waals surface area contributed by atoms with Gasteiger partial charge in [0, 0.05) is 9.92 Å². The molecule has 0 fully saturated rings. The number of benzene rings is 1. The molecule has 0 radical (unpaired) electrons. The van der Waals surface area contributed by atoms with Gasteiger partial charge in [-0.15, -0.1) is 11.8 Å². The number of carbonyl (C=O) groups is 1. The van der Waals surface area contributed by atoms with Gasteiger partial charge in [0.2, 0.25) is 0 Å². The third-order valence-electron chi connectivity index (χ3n) is 1.95. The van der Waals surface area contributed by atoms with Crippen LogP contribution in [-0.2, 0) is 9.53 Å². The van der Waals surface area contributed by atoms with Crippen LogP contribution < -0.4 is 0 Å². The molecule has 0 saturated carbocycles. The van der Waals surface area contributed by atoms with Crippen molar-refractivity contribution in [2.24, 2.45) is 0 Å². The Morgan fingerprint density at radius 1 is 1.56 bits per heavy atom. The monoisotopic (exact) mass is 260 g/mol. The predicted molar refractivity (Wildman–Crippen MR) is 64.8 cm³/mol. The van der Waals surface area contributed by atoms with E-state index in [9.17, 15) is 9.90 Å². The number of hydrogen-bond donors (Lipinski definition) is 1. The molecule has 3 nitrogen and oxygen atoms in total. The van der Waals surface area contributed by atoms with E-state index < -0.39 is 12.1 Å². The number of rotatable bonds is 4. The number of carbonyl (C=O) groups excluding carboxylic acids is 1. The Bertz CT molecular complexity index is 381.